The molecule has 0 aliphatic heterocycles. The molecule has 0 radical (unpaired) electrons. The zero-order valence-corrected chi connectivity index (χ0v) is 15.1. The number of hydrogen-bond acceptors (Lipinski definition) is 6. The Bertz CT molecular complexity index is 1010. The molecule has 27 heavy (non-hydrogen) atoms. The van der Waals surface area contributed by atoms with E-state index < -0.39 is 11.8 Å². The van der Waals surface area contributed by atoms with Gasteiger partial charge in [0.15, 0.2) is 5.71 Å². The van der Waals surface area contributed by atoms with Crippen LogP contribution in [0.25, 0.3) is 10.9 Å². The van der Waals surface area contributed by atoms with E-state index in [1.807, 2.05) is 61.5 Å². The number of carbonyl (C=O) groups is 2. The lowest BCUT2D eigenvalue weighted by molar-refractivity contribution is -0.150. The van der Waals surface area contributed by atoms with Gasteiger partial charge in [-0.15, -0.1) is 0 Å². The number of fused-ring (bicyclic) bond motifs is 1. The van der Waals surface area contributed by atoms with Gasteiger partial charge in [0.25, 0.3) is 5.78 Å². The first-order chi connectivity index (χ1) is 13.1. The minimum atomic E-state index is -0.961. The molecule has 0 saturated heterocycles. The van der Waals surface area contributed by atoms with Gasteiger partial charge in [-0.25, -0.2) is 9.78 Å². The van der Waals surface area contributed by atoms with Crippen LogP contribution in [0.15, 0.2) is 65.8 Å². The summed E-state index contributed by atoms with van der Waals surface area (Å²) < 4.78 is 4.84. The Hall–Kier alpha value is -3.54. The summed E-state index contributed by atoms with van der Waals surface area (Å²) in [5, 5.41) is 5.08. The summed E-state index contributed by atoms with van der Waals surface area (Å²) in [7, 11) is 0. The van der Waals surface area contributed by atoms with Crippen LogP contribution in [-0.4, -0.2) is 29.1 Å². The number of ether oxygens (including phenoxy) is 1. The van der Waals surface area contributed by atoms with Gasteiger partial charge in [-0.05, 0) is 38.1 Å². The predicted molar refractivity (Wildman–Crippen MR) is 105 cm³/mol. The highest BCUT2D eigenvalue weighted by atomic mass is 16.5. The molecule has 1 N–H and O–H groups in total. The first kappa shape index (κ1) is 18.3. The van der Waals surface area contributed by atoms with Gasteiger partial charge >= 0.3 is 5.97 Å². The van der Waals surface area contributed by atoms with Crippen LogP contribution in [0.4, 0.5) is 5.69 Å². The number of nitrogens with one attached hydrogen (secondary N) is 1. The van der Waals surface area contributed by atoms with Crippen molar-refractivity contribution in [2.75, 3.05) is 12.0 Å². The molecule has 1 aromatic heterocycles. The van der Waals surface area contributed by atoms with Gasteiger partial charge in [0, 0.05) is 5.39 Å². The molecule has 0 amide bonds. The van der Waals surface area contributed by atoms with Gasteiger partial charge in [0.05, 0.1) is 23.5 Å². The highest BCUT2D eigenvalue weighted by molar-refractivity contribution is 6.66. The Balaban J connectivity index is 1.99. The summed E-state index contributed by atoms with van der Waals surface area (Å²) in [6, 6.07) is 18.5. The number of Topliss-reactive ketones (excluding diaryl/α,β-unsaturated/α-hetero) is 1. The van der Waals surface area contributed by atoms with Crippen LogP contribution >= 0.6 is 0 Å². The van der Waals surface area contributed by atoms with Crippen LogP contribution in [0.1, 0.15) is 18.2 Å². The minimum Gasteiger partial charge on any atom is -0.460 e. The van der Waals surface area contributed by atoms with E-state index in [0.29, 0.717) is 16.9 Å². The number of anilines is 1. The fourth-order valence-corrected chi connectivity index (χ4v) is 2.46. The van der Waals surface area contributed by atoms with E-state index in [9.17, 15) is 9.59 Å². The number of carbonyl (C=O) groups excluding carboxylic acids is 2. The third-order valence-corrected chi connectivity index (χ3v) is 3.87. The van der Waals surface area contributed by atoms with Crippen molar-refractivity contribution in [1.29, 1.82) is 0 Å². The Labute approximate surface area is 156 Å². The minimum absolute atomic E-state index is 0.0974. The van der Waals surface area contributed by atoms with Gasteiger partial charge in [0.2, 0.25) is 0 Å². The van der Waals surface area contributed by atoms with E-state index in [2.05, 4.69) is 15.5 Å². The zero-order valence-electron chi connectivity index (χ0n) is 15.1. The van der Waals surface area contributed by atoms with Gasteiger partial charge in [-0.2, -0.15) is 5.10 Å². The highest BCUT2D eigenvalue weighted by Gasteiger charge is 2.25. The molecule has 0 aliphatic rings. The van der Waals surface area contributed by atoms with Crippen molar-refractivity contribution in [3.8, 4) is 0 Å². The molecule has 0 unspecified atom stereocenters. The molecule has 6 heteroatoms. The third kappa shape index (κ3) is 4.36. The smallest absolute Gasteiger partial charge is 0.381 e. The molecule has 0 saturated carbocycles. The number of nitrogens with zero attached hydrogens (tertiary/aromatic N) is 2. The molecule has 0 fully saturated rings. The molecule has 0 bridgehead atoms. The topological polar surface area (TPSA) is 80.7 Å². The van der Waals surface area contributed by atoms with Crippen molar-refractivity contribution in [2.24, 2.45) is 5.10 Å². The van der Waals surface area contributed by atoms with Crippen molar-refractivity contribution in [1.82, 2.24) is 4.98 Å². The quantitative estimate of drug-likeness (QED) is 0.315. The SMILES string of the molecule is CCOC(=O)C(=O)/C(=N\Nc1ccc(C)cc1)c1ccc2ccccc2n1. The normalized spacial score (nSPS) is 11.3. The summed E-state index contributed by atoms with van der Waals surface area (Å²) in [6.07, 6.45) is 0. The lowest BCUT2D eigenvalue weighted by atomic mass is 10.1. The van der Waals surface area contributed by atoms with Crippen molar-refractivity contribution >= 4 is 34.1 Å². The Kier molecular flexibility index (Phi) is 5.56. The maximum absolute atomic E-state index is 12.6. The second-order valence-electron chi connectivity index (χ2n) is 5.88. The highest BCUT2D eigenvalue weighted by Crippen LogP contribution is 2.14. The average Bonchev–Trinajstić information content (AvgIpc) is 2.69. The molecular weight excluding hydrogens is 342 g/mol. The third-order valence-electron chi connectivity index (χ3n) is 3.87. The number of ketones is 1. The van der Waals surface area contributed by atoms with E-state index in [1.54, 1.807) is 13.0 Å². The number of esters is 1. The molecule has 2 aromatic carbocycles. The molecule has 1 heterocycles. The molecule has 0 spiro atoms. The molecule has 136 valence electrons. The molecule has 0 aliphatic carbocycles. The number of hydrogen-bond donors (Lipinski definition) is 1. The standard InChI is InChI=1S/C21H19N3O3/c1-3-27-21(26)20(25)19(24-23-16-11-8-14(2)9-12-16)18-13-10-15-6-4-5-7-17(15)22-18/h4-13,23H,3H2,1-2H3/b24-19-. The monoisotopic (exact) mass is 361 g/mol. The number of hydrazone groups is 1. The van der Waals surface area contributed by atoms with E-state index in [0.717, 1.165) is 10.9 Å². The fraction of sp³-hybridized carbons (Fsp3) is 0.143. The second-order valence-corrected chi connectivity index (χ2v) is 5.88. The van der Waals surface area contributed by atoms with Crippen LogP contribution in [0.2, 0.25) is 0 Å². The van der Waals surface area contributed by atoms with E-state index >= 15 is 0 Å². The van der Waals surface area contributed by atoms with Gasteiger partial charge in [0.1, 0.15) is 0 Å². The van der Waals surface area contributed by atoms with Crippen molar-refractivity contribution in [2.45, 2.75) is 13.8 Å². The molecular formula is C21H19N3O3. The maximum Gasteiger partial charge on any atom is 0.381 e. The van der Waals surface area contributed by atoms with Crippen molar-refractivity contribution in [3.05, 3.63) is 71.9 Å². The summed E-state index contributed by atoms with van der Waals surface area (Å²) >= 11 is 0. The van der Waals surface area contributed by atoms with E-state index in [1.165, 1.54) is 0 Å². The van der Waals surface area contributed by atoms with Gasteiger partial charge < -0.3 is 4.74 Å². The van der Waals surface area contributed by atoms with Crippen LogP contribution in [0.5, 0.6) is 0 Å². The van der Waals surface area contributed by atoms with Crippen molar-refractivity contribution in [3.63, 3.8) is 0 Å². The number of aryl methyl sites for hydroxylation is 1. The van der Waals surface area contributed by atoms with Crippen LogP contribution < -0.4 is 5.43 Å². The summed E-state index contributed by atoms with van der Waals surface area (Å²) in [4.78, 5) is 29.0. The molecule has 3 aromatic rings. The molecule has 6 nitrogen and oxygen atoms in total. The largest absolute Gasteiger partial charge is 0.460 e. The summed E-state index contributed by atoms with van der Waals surface area (Å²) in [6.45, 7) is 3.72. The molecule has 0 atom stereocenters. The summed E-state index contributed by atoms with van der Waals surface area (Å²) in [5.74, 6) is -1.81. The van der Waals surface area contributed by atoms with E-state index in [-0.39, 0.29) is 12.3 Å². The first-order valence-corrected chi connectivity index (χ1v) is 8.56. The number of benzene rings is 2. The van der Waals surface area contributed by atoms with Crippen molar-refractivity contribution < 1.29 is 14.3 Å². The predicted octanol–water partition coefficient (Wildman–Crippen LogP) is 3.49. The lowest BCUT2D eigenvalue weighted by Gasteiger charge is -2.08. The fourth-order valence-electron chi connectivity index (χ4n) is 2.46. The van der Waals surface area contributed by atoms with Gasteiger partial charge in [-0.3, -0.25) is 10.2 Å². The van der Waals surface area contributed by atoms with Gasteiger partial charge in [-0.1, -0.05) is 42.0 Å². The lowest BCUT2D eigenvalue weighted by Crippen LogP contribution is -2.28. The zero-order chi connectivity index (χ0) is 19.2. The van der Waals surface area contributed by atoms with Crippen LogP contribution in [-0.2, 0) is 14.3 Å². The Morgan fingerprint density at radius 3 is 2.52 bits per heavy atom. The van der Waals surface area contributed by atoms with Crippen LogP contribution in [0.3, 0.4) is 0 Å². The van der Waals surface area contributed by atoms with Crippen LogP contribution in [0, 0.1) is 6.92 Å². The average molecular weight is 361 g/mol. The Morgan fingerprint density at radius 2 is 1.78 bits per heavy atom. The number of pyridine rings is 1. The first-order valence-electron chi connectivity index (χ1n) is 8.56. The molecule has 3 rings (SSSR count). The van der Waals surface area contributed by atoms with E-state index in [4.69, 9.17) is 4.74 Å². The number of rotatable bonds is 6. The number of para-hydroxylation sites is 1. The second kappa shape index (κ2) is 8.23. The summed E-state index contributed by atoms with van der Waals surface area (Å²) in [5.41, 5.74) is 5.51. The Morgan fingerprint density at radius 1 is 1.04 bits per heavy atom. The maximum atomic E-state index is 12.6. The number of aromatic nitrogens is 1.